The molecule has 1 saturated heterocycles. The number of hydrogen-bond donors (Lipinski definition) is 1. The molecule has 0 spiro atoms. The Morgan fingerprint density at radius 1 is 1.25 bits per heavy atom. The molecular weight excluding hydrogens is 430 g/mol. The molecule has 1 aliphatic heterocycles. The van der Waals surface area contributed by atoms with Gasteiger partial charge in [0.15, 0.2) is 0 Å². The van der Waals surface area contributed by atoms with Gasteiger partial charge in [-0.2, -0.15) is 13.2 Å². The summed E-state index contributed by atoms with van der Waals surface area (Å²) in [6.07, 6.45) is -1.53. The summed E-state index contributed by atoms with van der Waals surface area (Å²) in [4.78, 5) is 35.4. The lowest BCUT2D eigenvalue weighted by Crippen LogP contribution is -2.39. The number of carbonyl (C=O) groups is 2. The van der Waals surface area contributed by atoms with E-state index in [0.29, 0.717) is 19.5 Å². The second-order valence-electron chi connectivity index (χ2n) is 7.68. The summed E-state index contributed by atoms with van der Waals surface area (Å²) in [6, 6.07) is 1.63. The lowest BCUT2D eigenvalue weighted by Gasteiger charge is -2.23. The van der Waals surface area contributed by atoms with Gasteiger partial charge in [-0.05, 0) is 25.5 Å². The van der Waals surface area contributed by atoms with Crippen LogP contribution in [-0.2, 0) is 11.0 Å². The van der Waals surface area contributed by atoms with E-state index in [9.17, 15) is 27.2 Å². The first-order valence-electron chi connectivity index (χ1n) is 9.96. The number of amides is 2. The van der Waals surface area contributed by atoms with E-state index in [1.807, 2.05) is 0 Å². The second-order valence-corrected chi connectivity index (χ2v) is 7.68. The number of benzene rings is 1. The molecule has 2 heterocycles. The number of halogens is 4. The number of aromatic nitrogens is 2. The van der Waals surface area contributed by atoms with Crippen LogP contribution in [0.5, 0.6) is 0 Å². The summed E-state index contributed by atoms with van der Waals surface area (Å²) < 4.78 is 53.9. The van der Waals surface area contributed by atoms with Gasteiger partial charge in [0.2, 0.25) is 11.9 Å². The average Bonchev–Trinajstić information content (AvgIpc) is 3.22. The number of nitrogens with one attached hydrogen (secondary N) is 1. The molecule has 0 bridgehead atoms. The maximum atomic E-state index is 14.2. The number of rotatable bonds is 5. The van der Waals surface area contributed by atoms with E-state index in [1.54, 1.807) is 16.8 Å². The van der Waals surface area contributed by atoms with Crippen molar-refractivity contribution in [3.8, 4) is 0 Å². The summed E-state index contributed by atoms with van der Waals surface area (Å²) in [5, 5.41) is 2.65. The van der Waals surface area contributed by atoms with Gasteiger partial charge in [-0.1, -0.05) is 6.07 Å². The van der Waals surface area contributed by atoms with E-state index in [2.05, 4.69) is 15.3 Å². The largest absolute Gasteiger partial charge is 0.416 e. The lowest BCUT2D eigenvalue weighted by molar-refractivity contribution is -0.138. The Balaban J connectivity index is 1.70. The van der Waals surface area contributed by atoms with Crippen molar-refractivity contribution in [2.24, 2.45) is 0 Å². The van der Waals surface area contributed by atoms with Crippen LogP contribution in [0.1, 0.15) is 47.8 Å². The van der Waals surface area contributed by atoms with Crippen LogP contribution in [0.3, 0.4) is 0 Å². The monoisotopic (exact) mass is 453 g/mol. The summed E-state index contributed by atoms with van der Waals surface area (Å²) in [7, 11) is 1.69. The van der Waals surface area contributed by atoms with Crippen molar-refractivity contribution in [1.82, 2.24) is 19.8 Å². The highest BCUT2D eigenvalue weighted by Gasteiger charge is 2.36. The van der Waals surface area contributed by atoms with Crippen LogP contribution >= 0.6 is 0 Å². The van der Waals surface area contributed by atoms with E-state index in [0.717, 1.165) is 18.2 Å². The first kappa shape index (κ1) is 23.4. The molecule has 32 heavy (non-hydrogen) atoms. The first-order chi connectivity index (χ1) is 15.0. The van der Waals surface area contributed by atoms with Gasteiger partial charge >= 0.3 is 6.18 Å². The van der Waals surface area contributed by atoms with Crippen LogP contribution in [-0.4, -0.2) is 57.8 Å². The highest BCUT2D eigenvalue weighted by Crippen LogP contribution is 2.36. The fourth-order valence-electron chi connectivity index (χ4n) is 3.69. The zero-order valence-electron chi connectivity index (χ0n) is 17.8. The van der Waals surface area contributed by atoms with Gasteiger partial charge in [0.05, 0.1) is 23.2 Å². The molecule has 1 aromatic carbocycles. The number of likely N-dealkylation sites (tertiary alicyclic amines) is 1. The number of likely N-dealkylation sites (N-methyl/N-ethyl adjacent to an activating group) is 1. The molecule has 172 valence electrons. The van der Waals surface area contributed by atoms with E-state index in [1.165, 1.54) is 26.2 Å². The minimum absolute atomic E-state index is 0.0407. The molecule has 2 aromatic rings. The predicted molar refractivity (Wildman–Crippen MR) is 108 cm³/mol. The van der Waals surface area contributed by atoms with Crippen LogP contribution < -0.4 is 5.32 Å². The SMILES string of the molecule is CC(=O)N(C)[C@H]1CCN(C(=O)c2cnc(NC(C)c3c(F)cccc3C(F)(F)F)nc2)C1. The van der Waals surface area contributed by atoms with Crippen molar-refractivity contribution < 1.29 is 27.2 Å². The molecule has 1 aromatic heterocycles. The third-order valence-electron chi connectivity index (χ3n) is 5.53. The van der Waals surface area contributed by atoms with Gasteiger partial charge in [0.1, 0.15) is 5.82 Å². The van der Waals surface area contributed by atoms with E-state index >= 15 is 0 Å². The second kappa shape index (κ2) is 9.09. The maximum absolute atomic E-state index is 14.2. The van der Waals surface area contributed by atoms with Crippen LogP contribution in [0, 0.1) is 5.82 Å². The highest BCUT2D eigenvalue weighted by atomic mass is 19.4. The third kappa shape index (κ3) is 4.97. The molecule has 2 atom stereocenters. The molecule has 0 saturated carbocycles. The van der Waals surface area contributed by atoms with Crippen LogP contribution in [0.4, 0.5) is 23.5 Å². The van der Waals surface area contributed by atoms with Crippen molar-refractivity contribution in [2.45, 2.75) is 38.5 Å². The number of hydrogen-bond acceptors (Lipinski definition) is 5. The van der Waals surface area contributed by atoms with Crippen molar-refractivity contribution in [3.63, 3.8) is 0 Å². The highest BCUT2D eigenvalue weighted by molar-refractivity contribution is 5.94. The van der Waals surface area contributed by atoms with Gasteiger partial charge in [0, 0.05) is 45.0 Å². The lowest BCUT2D eigenvalue weighted by atomic mass is 10.0. The van der Waals surface area contributed by atoms with Crippen molar-refractivity contribution in [2.75, 3.05) is 25.5 Å². The van der Waals surface area contributed by atoms with Crippen LogP contribution in [0.2, 0.25) is 0 Å². The minimum atomic E-state index is -4.71. The Labute approximate surface area is 182 Å². The molecule has 0 radical (unpaired) electrons. The van der Waals surface area contributed by atoms with E-state index in [-0.39, 0.29) is 29.4 Å². The zero-order valence-corrected chi connectivity index (χ0v) is 17.8. The van der Waals surface area contributed by atoms with E-state index in [4.69, 9.17) is 0 Å². The summed E-state index contributed by atoms with van der Waals surface area (Å²) in [6.45, 7) is 3.70. The van der Waals surface area contributed by atoms with Gasteiger partial charge in [0.25, 0.3) is 5.91 Å². The maximum Gasteiger partial charge on any atom is 0.416 e. The quantitative estimate of drug-likeness (QED) is 0.702. The molecule has 0 aliphatic carbocycles. The summed E-state index contributed by atoms with van der Waals surface area (Å²) >= 11 is 0. The number of nitrogens with zero attached hydrogens (tertiary/aromatic N) is 4. The van der Waals surface area contributed by atoms with Gasteiger partial charge in [-0.3, -0.25) is 9.59 Å². The van der Waals surface area contributed by atoms with Gasteiger partial charge in [-0.25, -0.2) is 14.4 Å². The molecule has 1 N–H and O–H groups in total. The average molecular weight is 453 g/mol. The van der Waals surface area contributed by atoms with Crippen molar-refractivity contribution in [1.29, 1.82) is 0 Å². The molecule has 7 nitrogen and oxygen atoms in total. The molecular formula is C21H23F4N5O2. The number of alkyl halides is 3. The third-order valence-corrected chi connectivity index (χ3v) is 5.53. The minimum Gasteiger partial charge on any atom is -0.348 e. The Bertz CT molecular complexity index is 997. The topological polar surface area (TPSA) is 78.4 Å². The Morgan fingerprint density at radius 2 is 1.91 bits per heavy atom. The van der Waals surface area contributed by atoms with Crippen LogP contribution in [0.25, 0.3) is 0 Å². The molecule has 1 fully saturated rings. The summed E-state index contributed by atoms with van der Waals surface area (Å²) in [5.74, 6) is -1.43. The zero-order chi connectivity index (χ0) is 23.6. The Hall–Kier alpha value is -3.24. The van der Waals surface area contributed by atoms with Gasteiger partial charge < -0.3 is 15.1 Å². The standard InChI is InChI=1S/C21H23F4N5O2/c1-12(18-16(21(23,24)25)5-4-6-17(18)22)28-20-26-9-14(10-27-20)19(32)30-8-7-15(11-30)29(3)13(2)31/h4-6,9-10,12,15H,7-8,11H2,1-3H3,(H,26,27,28)/t12?,15-/m0/s1. The molecule has 11 heteroatoms. The molecule has 1 unspecified atom stereocenters. The predicted octanol–water partition coefficient (Wildman–Crippen LogP) is 3.50. The smallest absolute Gasteiger partial charge is 0.348 e. The van der Waals surface area contributed by atoms with Crippen molar-refractivity contribution in [3.05, 3.63) is 53.1 Å². The van der Waals surface area contributed by atoms with E-state index < -0.39 is 29.2 Å². The normalized spacial score (nSPS) is 17.2. The fraction of sp³-hybridized carbons (Fsp3) is 0.429. The first-order valence-corrected chi connectivity index (χ1v) is 9.96. The molecule has 1 aliphatic rings. The molecule has 3 rings (SSSR count). The number of anilines is 1. The Morgan fingerprint density at radius 3 is 2.50 bits per heavy atom. The van der Waals surface area contributed by atoms with Crippen LogP contribution in [0.15, 0.2) is 30.6 Å². The molecule has 2 amide bonds. The number of carbonyl (C=O) groups excluding carboxylic acids is 2. The Kier molecular flexibility index (Phi) is 6.65. The van der Waals surface area contributed by atoms with Gasteiger partial charge in [-0.15, -0.1) is 0 Å². The van der Waals surface area contributed by atoms with Crippen molar-refractivity contribution >= 4 is 17.8 Å². The fourth-order valence-corrected chi connectivity index (χ4v) is 3.69. The summed E-state index contributed by atoms with van der Waals surface area (Å²) in [5.41, 5.74) is -1.42.